The number of sulfonamides is 1. The second-order valence-electron chi connectivity index (χ2n) is 6.97. The van der Waals surface area contributed by atoms with E-state index in [1.807, 2.05) is 6.07 Å². The number of guanidine groups is 1. The van der Waals surface area contributed by atoms with Crippen molar-refractivity contribution in [3.8, 4) is 0 Å². The number of nitrogens with one attached hydrogen (secondary N) is 2. The number of rotatable bonds is 6. The van der Waals surface area contributed by atoms with Gasteiger partial charge < -0.3 is 10.6 Å². The van der Waals surface area contributed by atoms with Crippen LogP contribution in [0.1, 0.15) is 44.6 Å². The highest BCUT2D eigenvalue weighted by Gasteiger charge is 2.18. The smallest absolute Gasteiger partial charge is 0.238 e. The summed E-state index contributed by atoms with van der Waals surface area (Å²) >= 11 is 0. The van der Waals surface area contributed by atoms with Crippen molar-refractivity contribution in [3.63, 3.8) is 0 Å². The second kappa shape index (κ2) is 9.20. The molecule has 2 unspecified atom stereocenters. The Hall–Kier alpha value is -1.60. The van der Waals surface area contributed by atoms with Gasteiger partial charge in [-0.25, -0.2) is 13.6 Å². The molecular weight excluding hydrogens is 336 g/mol. The minimum absolute atomic E-state index is 0.126. The summed E-state index contributed by atoms with van der Waals surface area (Å²) in [5.41, 5.74) is 0.843. The number of hydrogen-bond donors (Lipinski definition) is 3. The van der Waals surface area contributed by atoms with E-state index in [4.69, 9.17) is 5.14 Å². The Balaban J connectivity index is 1.78. The molecule has 1 saturated carbocycles. The van der Waals surface area contributed by atoms with Crippen molar-refractivity contribution in [1.29, 1.82) is 0 Å². The third-order valence-electron chi connectivity index (χ3n) is 4.80. The summed E-state index contributed by atoms with van der Waals surface area (Å²) in [6, 6.07) is 6.63. The number of nitrogens with two attached hydrogens (primary N) is 1. The van der Waals surface area contributed by atoms with Gasteiger partial charge >= 0.3 is 0 Å². The second-order valence-corrected chi connectivity index (χ2v) is 8.53. The van der Waals surface area contributed by atoms with Gasteiger partial charge in [0.05, 0.1) is 4.90 Å². The van der Waals surface area contributed by atoms with Gasteiger partial charge in [-0.3, -0.25) is 4.99 Å². The van der Waals surface area contributed by atoms with Gasteiger partial charge in [-0.15, -0.1) is 0 Å². The van der Waals surface area contributed by atoms with Crippen molar-refractivity contribution in [2.75, 3.05) is 13.6 Å². The van der Waals surface area contributed by atoms with E-state index in [1.54, 1.807) is 19.2 Å². The molecule has 0 bridgehead atoms. The Labute approximate surface area is 151 Å². The minimum Gasteiger partial charge on any atom is -0.356 e. The molecule has 6 nitrogen and oxygen atoms in total. The molecule has 2 rings (SSSR count). The molecule has 1 aliphatic carbocycles. The lowest BCUT2D eigenvalue weighted by atomic mass is 9.81. The molecule has 4 N–H and O–H groups in total. The molecule has 1 aliphatic rings. The molecule has 0 aromatic heterocycles. The quantitative estimate of drug-likeness (QED) is 0.531. The van der Waals surface area contributed by atoms with E-state index in [-0.39, 0.29) is 4.90 Å². The maximum absolute atomic E-state index is 11.4. The number of primary sulfonamides is 1. The van der Waals surface area contributed by atoms with E-state index in [0.717, 1.165) is 36.3 Å². The van der Waals surface area contributed by atoms with Gasteiger partial charge in [-0.1, -0.05) is 38.3 Å². The SMILES string of the molecule is CN=C(NCCC1CCCC(C)C1)NCc1cccc(S(N)(=O)=O)c1. The highest BCUT2D eigenvalue weighted by Crippen LogP contribution is 2.30. The molecule has 140 valence electrons. The number of nitrogens with zero attached hydrogens (tertiary/aromatic N) is 1. The Morgan fingerprint density at radius 2 is 2.12 bits per heavy atom. The van der Waals surface area contributed by atoms with Gasteiger partial charge in [0.2, 0.25) is 10.0 Å². The Morgan fingerprint density at radius 1 is 1.32 bits per heavy atom. The summed E-state index contributed by atoms with van der Waals surface area (Å²) in [5.74, 6) is 2.38. The lowest BCUT2D eigenvalue weighted by Gasteiger charge is -2.26. The van der Waals surface area contributed by atoms with Gasteiger partial charge in [0.25, 0.3) is 0 Å². The molecule has 0 amide bonds. The largest absolute Gasteiger partial charge is 0.356 e. The molecule has 25 heavy (non-hydrogen) atoms. The van der Waals surface area contributed by atoms with Crippen molar-refractivity contribution in [2.45, 2.75) is 50.5 Å². The van der Waals surface area contributed by atoms with Crippen molar-refractivity contribution in [2.24, 2.45) is 22.0 Å². The van der Waals surface area contributed by atoms with Crippen LogP contribution in [0.5, 0.6) is 0 Å². The molecule has 0 heterocycles. The first-order chi connectivity index (χ1) is 11.9. The minimum atomic E-state index is -3.67. The van der Waals surface area contributed by atoms with Crippen LogP contribution >= 0.6 is 0 Å². The van der Waals surface area contributed by atoms with Crippen LogP contribution in [-0.4, -0.2) is 28.0 Å². The van der Waals surface area contributed by atoms with Gasteiger partial charge in [0.15, 0.2) is 5.96 Å². The van der Waals surface area contributed by atoms with Crippen LogP contribution in [0.4, 0.5) is 0 Å². The molecule has 0 radical (unpaired) electrons. The zero-order chi connectivity index (χ0) is 18.3. The topological polar surface area (TPSA) is 96.6 Å². The zero-order valence-electron chi connectivity index (χ0n) is 15.2. The normalized spacial score (nSPS) is 21.8. The predicted molar refractivity (Wildman–Crippen MR) is 102 cm³/mol. The molecule has 7 heteroatoms. The van der Waals surface area contributed by atoms with Gasteiger partial charge in [-0.05, 0) is 42.4 Å². The lowest BCUT2D eigenvalue weighted by molar-refractivity contribution is 0.270. The molecule has 0 saturated heterocycles. The highest BCUT2D eigenvalue weighted by atomic mass is 32.2. The average molecular weight is 367 g/mol. The fraction of sp³-hybridized carbons (Fsp3) is 0.611. The van der Waals surface area contributed by atoms with Crippen LogP contribution in [-0.2, 0) is 16.6 Å². The van der Waals surface area contributed by atoms with E-state index in [9.17, 15) is 8.42 Å². The molecule has 1 fully saturated rings. The third-order valence-corrected chi connectivity index (χ3v) is 5.71. The first-order valence-electron chi connectivity index (χ1n) is 8.94. The first kappa shape index (κ1) is 19.7. The van der Waals surface area contributed by atoms with Crippen molar-refractivity contribution < 1.29 is 8.42 Å². The average Bonchev–Trinajstić information content (AvgIpc) is 2.57. The summed E-state index contributed by atoms with van der Waals surface area (Å²) in [6.07, 6.45) is 6.53. The van der Waals surface area contributed by atoms with E-state index in [1.165, 1.54) is 31.7 Å². The summed E-state index contributed by atoms with van der Waals surface area (Å²) in [7, 11) is -1.94. The van der Waals surface area contributed by atoms with E-state index in [0.29, 0.717) is 6.54 Å². The zero-order valence-corrected chi connectivity index (χ0v) is 16.0. The maximum Gasteiger partial charge on any atom is 0.238 e. The molecule has 1 aromatic rings. The molecule has 0 aliphatic heterocycles. The van der Waals surface area contributed by atoms with Crippen LogP contribution in [0.3, 0.4) is 0 Å². The number of hydrogen-bond acceptors (Lipinski definition) is 3. The predicted octanol–water partition coefficient (Wildman–Crippen LogP) is 2.22. The van der Waals surface area contributed by atoms with E-state index >= 15 is 0 Å². The molecule has 2 atom stereocenters. The summed E-state index contributed by atoms with van der Waals surface area (Å²) in [4.78, 5) is 4.35. The van der Waals surface area contributed by atoms with E-state index in [2.05, 4.69) is 22.5 Å². The molecule has 1 aromatic carbocycles. The summed E-state index contributed by atoms with van der Waals surface area (Å²) in [6.45, 7) is 3.73. The highest BCUT2D eigenvalue weighted by molar-refractivity contribution is 7.89. The number of benzene rings is 1. The summed E-state index contributed by atoms with van der Waals surface area (Å²) in [5, 5.41) is 11.7. The van der Waals surface area contributed by atoms with E-state index < -0.39 is 10.0 Å². The van der Waals surface area contributed by atoms with Crippen LogP contribution < -0.4 is 15.8 Å². The molecular formula is C18H30N4O2S. The fourth-order valence-corrected chi connectivity index (χ4v) is 4.04. The molecule has 0 spiro atoms. The standard InChI is InChI=1S/C18H30N4O2S/c1-14-5-3-6-15(11-14)9-10-21-18(20-2)22-13-16-7-4-8-17(12-16)25(19,23)24/h4,7-8,12,14-15H,3,5-6,9-11,13H2,1-2H3,(H2,19,23,24)(H2,20,21,22). The van der Waals surface area contributed by atoms with Gasteiger partial charge in [-0.2, -0.15) is 0 Å². The lowest BCUT2D eigenvalue weighted by Crippen LogP contribution is -2.38. The monoisotopic (exact) mass is 366 g/mol. The van der Waals surface area contributed by atoms with Crippen molar-refractivity contribution in [1.82, 2.24) is 10.6 Å². The third kappa shape index (κ3) is 6.66. The van der Waals surface area contributed by atoms with Gasteiger partial charge in [0.1, 0.15) is 0 Å². The van der Waals surface area contributed by atoms with Crippen LogP contribution in [0.15, 0.2) is 34.2 Å². The Kier molecular flexibility index (Phi) is 7.25. The Bertz CT molecular complexity index is 688. The van der Waals surface area contributed by atoms with Crippen molar-refractivity contribution >= 4 is 16.0 Å². The van der Waals surface area contributed by atoms with Gasteiger partial charge in [0, 0.05) is 20.1 Å². The first-order valence-corrected chi connectivity index (χ1v) is 10.5. The number of aliphatic imine (C=N–C) groups is 1. The van der Waals surface area contributed by atoms with Crippen molar-refractivity contribution in [3.05, 3.63) is 29.8 Å². The Morgan fingerprint density at radius 3 is 2.80 bits per heavy atom. The van der Waals surface area contributed by atoms with Crippen LogP contribution in [0, 0.1) is 11.8 Å². The van der Waals surface area contributed by atoms with Crippen LogP contribution in [0.2, 0.25) is 0 Å². The fourth-order valence-electron chi connectivity index (χ4n) is 3.46. The summed E-state index contributed by atoms with van der Waals surface area (Å²) < 4.78 is 22.8. The maximum atomic E-state index is 11.4. The van der Waals surface area contributed by atoms with Crippen LogP contribution in [0.25, 0.3) is 0 Å².